The average molecular weight is 267 g/mol. The number of hydrogen-bond acceptors (Lipinski definition) is 2. The first kappa shape index (κ1) is 11.2. The van der Waals surface area contributed by atoms with Crippen LogP contribution in [0, 0.1) is 27.9 Å². The Labute approximate surface area is 94.0 Å². The van der Waals surface area contributed by atoms with Crippen molar-refractivity contribution in [2.75, 3.05) is 5.32 Å². The second kappa shape index (κ2) is 5.14. The molecule has 1 N–H and O–H groups in total. The third-order valence-electron chi connectivity index (χ3n) is 1.53. The van der Waals surface area contributed by atoms with Crippen LogP contribution in [0.15, 0.2) is 18.2 Å². The van der Waals surface area contributed by atoms with Crippen LogP contribution in [0.25, 0.3) is 0 Å². The Morgan fingerprint density at radius 1 is 1.53 bits per heavy atom. The molecule has 0 saturated carbocycles. The molecule has 0 fully saturated rings. The van der Waals surface area contributed by atoms with E-state index in [1.54, 1.807) is 6.07 Å². The number of halogens is 2. The Morgan fingerprint density at radius 3 is 2.87 bits per heavy atom. The van der Waals surface area contributed by atoms with E-state index in [-0.39, 0.29) is 11.3 Å². The molecule has 0 aromatic heterocycles. The van der Waals surface area contributed by atoms with Crippen molar-refractivity contribution >= 4 is 27.5 Å². The number of nitrogens with zero attached hydrogens (tertiary/aromatic N) is 1. The van der Waals surface area contributed by atoms with E-state index in [9.17, 15) is 9.18 Å². The SMILES string of the molecule is N#Cc1c(F)cccc1NC(=O)C#CBr. The van der Waals surface area contributed by atoms with E-state index in [2.05, 4.69) is 32.0 Å². The summed E-state index contributed by atoms with van der Waals surface area (Å²) < 4.78 is 13.1. The normalized spacial score (nSPS) is 8.33. The van der Waals surface area contributed by atoms with Crippen LogP contribution in [0.5, 0.6) is 0 Å². The van der Waals surface area contributed by atoms with Gasteiger partial charge in [-0.1, -0.05) is 6.07 Å². The lowest BCUT2D eigenvalue weighted by Crippen LogP contribution is -2.10. The highest BCUT2D eigenvalue weighted by atomic mass is 79.9. The molecule has 5 heteroatoms. The summed E-state index contributed by atoms with van der Waals surface area (Å²) in [4.78, 5) is 13.3. The number of benzene rings is 1. The maximum Gasteiger partial charge on any atom is 0.301 e. The lowest BCUT2D eigenvalue weighted by atomic mass is 10.2. The minimum absolute atomic E-state index is 0.109. The van der Waals surface area contributed by atoms with E-state index < -0.39 is 11.7 Å². The van der Waals surface area contributed by atoms with E-state index in [1.807, 2.05) is 0 Å². The molecule has 1 amide bonds. The average Bonchev–Trinajstić information content (AvgIpc) is 2.18. The molecule has 0 spiro atoms. The first-order valence-corrected chi connectivity index (χ1v) is 4.59. The van der Waals surface area contributed by atoms with Crippen LogP contribution in [-0.2, 0) is 4.79 Å². The molecule has 0 aliphatic rings. The molecular formula is C10H4BrFN2O. The summed E-state index contributed by atoms with van der Waals surface area (Å²) in [6.45, 7) is 0. The third-order valence-corrected chi connectivity index (χ3v) is 1.73. The fourth-order valence-corrected chi connectivity index (χ4v) is 1.12. The van der Waals surface area contributed by atoms with Gasteiger partial charge in [0.2, 0.25) is 0 Å². The van der Waals surface area contributed by atoms with Gasteiger partial charge in [0.15, 0.2) is 0 Å². The highest BCUT2D eigenvalue weighted by Crippen LogP contribution is 2.17. The molecule has 0 saturated heterocycles. The summed E-state index contributed by atoms with van der Waals surface area (Å²) >= 11 is 2.75. The Hall–Kier alpha value is -1.85. The maximum atomic E-state index is 13.1. The molecule has 15 heavy (non-hydrogen) atoms. The standard InChI is InChI=1S/C10H4BrFN2O/c11-5-4-10(15)14-9-3-1-2-8(12)7(9)6-13/h1-3H,(H,14,15). The monoisotopic (exact) mass is 266 g/mol. The molecule has 3 nitrogen and oxygen atoms in total. The molecule has 0 atom stereocenters. The zero-order valence-corrected chi connectivity index (χ0v) is 8.93. The smallest absolute Gasteiger partial charge is 0.301 e. The molecule has 74 valence electrons. The van der Waals surface area contributed by atoms with Crippen LogP contribution in [0.2, 0.25) is 0 Å². The number of rotatable bonds is 1. The van der Waals surface area contributed by atoms with E-state index in [0.717, 1.165) is 6.07 Å². The summed E-state index contributed by atoms with van der Waals surface area (Å²) in [5, 5.41) is 11.0. The van der Waals surface area contributed by atoms with Crippen molar-refractivity contribution in [1.29, 1.82) is 5.26 Å². The maximum absolute atomic E-state index is 13.1. The Balaban J connectivity index is 3.04. The lowest BCUT2D eigenvalue weighted by molar-refractivity contribution is -0.111. The molecule has 0 aliphatic heterocycles. The van der Waals surface area contributed by atoms with Crippen LogP contribution >= 0.6 is 15.9 Å². The molecule has 0 aliphatic carbocycles. The van der Waals surface area contributed by atoms with Crippen LogP contribution in [-0.4, -0.2) is 5.91 Å². The fourth-order valence-electron chi connectivity index (χ4n) is 0.938. The van der Waals surface area contributed by atoms with Crippen molar-refractivity contribution in [1.82, 2.24) is 0 Å². The lowest BCUT2D eigenvalue weighted by Gasteiger charge is -2.03. The largest absolute Gasteiger partial charge is 0.314 e. The van der Waals surface area contributed by atoms with Gasteiger partial charge in [-0.15, -0.1) is 0 Å². The van der Waals surface area contributed by atoms with E-state index in [4.69, 9.17) is 5.26 Å². The van der Waals surface area contributed by atoms with Crippen LogP contribution in [0.3, 0.4) is 0 Å². The molecule has 0 unspecified atom stereocenters. The van der Waals surface area contributed by atoms with Gasteiger partial charge in [-0.25, -0.2) is 4.39 Å². The number of anilines is 1. The summed E-state index contributed by atoms with van der Waals surface area (Å²) in [5.74, 6) is 0.854. The van der Waals surface area contributed by atoms with Gasteiger partial charge in [0.1, 0.15) is 17.4 Å². The van der Waals surface area contributed by atoms with Crippen LogP contribution in [0.4, 0.5) is 10.1 Å². The first-order chi connectivity index (χ1) is 7.19. The summed E-state index contributed by atoms with van der Waals surface area (Å²) in [6.07, 6.45) is 0. The zero-order chi connectivity index (χ0) is 11.3. The van der Waals surface area contributed by atoms with Gasteiger partial charge in [0, 0.05) is 21.9 Å². The Bertz CT molecular complexity index is 496. The second-order valence-electron chi connectivity index (χ2n) is 2.45. The topological polar surface area (TPSA) is 52.9 Å². The quantitative estimate of drug-likeness (QED) is 0.791. The van der Waals surface area contributed by atoms with Gasteiger partial charge in [0.25, 0.3) is 0 Å². The third kappa shape index (κ3) is 2.80. The number of nitriles is 1. The van der Waals surface area contributed by atoms with Crippen LogP contribution < -0.4 is 5.32 Å². The van der Waals surface area contributed by atoms with Crippen molar-refractivity contribution in [3.63, 3.8) is 0 Å². The van der Waals surface area contributed by atoms with E-state index in [1.165, 1.54) is 12.1 Å². The highest BCUT2D eigenvalue weighted by Gasteiger charge is 2.08. The molecule has 0 heterocycles. The van der Waals surface area contributed by atoms with Crippen molar-refractivity contribution in [3.05, 3.63) is 29.6 Å². The predicted octanol–water partition coefficient (Wildman–Crippen LogP) is 1.99. The molecule has 0 bridgehead atoms. The Morgan fingerprint density at radius 2 is 2.27 bits per heavy atom. The molecular weight excluding hydrogens is 263 g/mol. The summed E-state index contributed by atoms with van der Waals surface area (Å²) in [6, 6.07) is 5.63. The molecule has 1 aromatic carbocycles. The van der Waals surface area contributed by atoms with Gasteiger partial charge in [-0.05, 0) is 17.0 Å². The highest BCUT2D eigenvalue weighted by molar-refractivity contribution is 9.12. The molecule has 1 rings (SSSR count). The van der Waals surface area contributed by atoms with Crippen molar-refractivity contribution in [2.24, 2.45) is 0 Å². The summed E-state index contributed by atoms with van der Waals surface area (Å²) in [5.41, 5.74) is -0.0972. The summed E-state index contributed by atoms with van der Waals surface area (Å²) in [7, 11) is 0. The van der Waals surface area contributed by atoms with Crippen molar-refractivity contribution in [2.45, 2.75) is 0 Å². The predicted molar refractivity (Wildman–Crippen MR) is 56.4 cm³/mol. The number of nitrogens with one attached hydrogen (secondary N) is 1. The fraction of sp³-hybridized carbons (Fsp3) is 0. The van der Waals surface area contributed by atoms with Gasteiger partial charge < -0.3 is 5.32 Å². The van der Waals surface area contributed by atoms with Gasteiger partial charge in [-0.3, -0.25) is 4.79 Å². The minimum Gasteiger partial charge on any atom is -0.314 e. The molecule has 1 aromatic rings. The first-order valence-electron chi connectivity index (χ1n) is 3.80. The van der Waals surface area contributed by atoms with E-state index >= 15 is 0 Å². The number of carbonyl (C=O) groups excluding carboxylic acids is 1. The zero-order valence-electron chi connectivity index (χ0n) is 7.34. The number of carbonyl (C=O) groups is 1. The number of hydrogen-bond donors (Lipinski definition) is 1. The number of amides is 1. The van der Waals surface area contributed by atoms with Crippen molar-refractivity contribution < 1.29 is 9.18 Å². The Kier molecular flexibility index (Phi) is 3.84. The van der Waals surface area contributed by atoms with Gasteiger partial charge >= 0.3 is 5.91 Å². The van der Waals surface area contributed by atoms with Gasteiger partial charge in [-0.2, -0.15) is 5.26 Å². The minimum atomic E-state index is -0.679. The van der Waals surface area contributed by atoms with E-state index in [0.29, 0.717) is 0 Å². The van der Waals surface area contributed by atoms with Crippen LogP contribution in [0.1, 0.15) is 5.56 Å². The molecule has 0 radical (unpaired) electrons. The van der Waals surface area contributed by atoms with Gasteiger partial charge in [0.05, 0.1) is 5.69 Å². The second-order valence-corrected chi connectivity index (χ2v) is 2.84. The van der Waals surface area contributed by atoms with Crippen molar-refractivity contribution in [3.8, 4) is 16.8 Å².